The highest BCUT2D eigenvalue weighted by Gasteiger charge is 2.37. The third-order valence-corrected chi connectivity index (χ3v) is 3.44. The summed E-state index contributed by atoms with van der Waals surface area (Å²) in [6.07, 6.45) is -2.97. The summed E-state index contributed by atoms with van der Waals surface area (Å²) in [4.78, 5) is 15.8. The minimum absolute atomic E-state index is 0.0202. The maximum absolute atomic E-state index is 12.4. The number of thioether (sulfide) groups is 1. The molecule has 8 heteroatoms. The quantitative estimate of drug-likeness (QED) is 0.799. The molecule has 0 fully saturated rings. The summed E-state index contributed by atoms with van der Waals surface area (Å²) in [5.74, 6) is -0.691. The number of rotatable bonds is 4. The average molecular weight is 319 g/mol. The maximum Gasteiger partial charge on any atom is 0.573 e. The molecule has 0 spiro atoms. The molecule has 1 atom stereocenters. The van der Waals surface area contributed by atoms with Crippen molar-refractivity contribution < 1.29 is 27.4 Å². The Bertz CT molecular complexity index is 587. The van der Waals surface area contributed by atoms with E-state index < -0.39 is 18.1 Å². The van der Waals surface area contributed by atoms with Crippen LogP contribution in [-0.4, -0.2) is 36.3 Å². The molecule has 1 aromatic carbocycles. The van der Waals surface area contributed by atoms with E-state index in [4.69, 9.17) is 4.74 Å². The van der Waals surface area contributed by atoms with Crippen molar-refractivity contribution >= 4 is 23.6 Å². The van der Waals surface area contributed by atoms with E-state index in [0.29, 0.717) is 5.75 Å². The van der Waals surface area contributed by atoms with Gasteiger partial charge < -0.3 is 9.47 Å². The van der Waals surface area contributed by atoms with E-state index in [0.717, 1.165) is 6.07 Å². The van der Waals surface area contributed by atoms with Crippen LogP contribution < -0.4 is 4.74 Å². The fourth-order valence-corrected chi connectivity index (χ4v) is 2.45. The second kappa shape index (κ2) is 5.97. The summed E-state index contributed by atoms with van der Waals surface area (Å²) in [7, 11) is 0. The zero-order chi connectivity index (χ0) is 15.6. The molecule has 0 saturated carbocycles. The number of esters is 1. The van der Waals surface area contributed by atoms with Gasteiger partial charge in [0.05, 0.1) is 17.2 Å². The molecule has 4 nitrogen and oxygen atoms in total. The van der Waals surface area contributed by atoms with Gasteiger partial charge in [-0.2, -0.15) is 11.8 Å². The number of carbonyl (C=O) groups excluding carboxylic acids is 1. The van der Waals surface area contributed by atoms with Gasteiger partial charge in [0.15, 0.2) is 0 Å². The lowest BCUT2D eigenvalue weighted by Crippen LogP contribution is -2.19. The van der Waals surface area contributed by atoms with Gasteiger partial charge in [-0.05, 0) is 25.3 Å². The van der Waals surface area contributed by atoms with Crippen molar-refractivity contribution in [1.82, 2.24) is 0 Å². The molecular weight excluding hydrogens is 307 g/mol. The standard InChI is InChI=1S/C13H12F3NO3S/c1-7(6-21-2)17-11-10-8(12(18)19-11)4-3-5-9(10)20-13(14,15)16/h3-5,7H,6H2,1-2H3/t7-/m0/s1. The Morgan fingerprint density at radius 1 is 1.43 bits per heavy atom. The molecule has 0 bridgehead atoms. The molecule has 0 saturated heterocycles. The first-order valence-electron chi connectivity index (χ1n) is 6.00. The van der Waals surface area contributed by atoms with E-state index in [1.165, 1.54) is 23.9 Å². The smallest absolute Gasteiger partial charge is 0.405 e. The monoisotopic (exact) mass is 319 g/mol. The lowest BCUT2D eigenvalue weighted by molar-refractivity contribution is -0.274. The Morgan fingerprint density at radius 2 is 2.14 bits per heavy atom. The number of benzene rings is 1. The van der Waals surface area contributed by atoms with Crippen LogP contribution in [-0.2, 0) is 4.74 Å². The Balaban J connectivity index is 2.44. The number of hydrogen-bond acceptors (Lipinski definition) is 5. The number of fused-ring (bicyclic) bond motifs is 1. The SMILES string of the molecule is CSC[C@H](C)N=C1OC(=O)c2cccc(OC(F)(F)F)c21. The molecule has 21 heavy (non-hydrogen) atoms. The van der Waals surface area contributed by atoms with E-state index in [-0.39, 0.29) is 23.1 Å². The van der Waals surface area contributed by atoms with Gasteiger partial charge in [-0.15, -0.1) is 13.2 Å². The van der Waals surface area contributed by atoms with Crippen LogP contribution in [0.15, 0.2) is 23.2 Å². The van der Waals surface area contributed by atoms with Gasteiger partial charge in [0.25, 0.3) is 0 Å². The summed E-state index contributed by atoms with van der Waals surface area (Å²) in [6, 6.07) is 3.61. The van der Waals surface area contributed by atoms with Gasteiger partial charge in [0, 0.05) is 5.75 Å². The van der Waals surface area contributed by atoms with E-state index in [9.17, 15) is 18.0 Å². The highest BCUT2D eigenvalue weighted by Crippen LogP contribution is 2.33. The first-order chi connectivity index (χ1) is 9.81. The van der Waals surface area contributed by atoms with E-state index >= 15 is 0 Å². The van der Waals surface area contributed by atoms with Crippen molar-refractivity contribution in [2.45, 2.75) is 19.3 Å². The molecule has 0 unspecified atom stereocenters. The number of hydrogen-bond donors (Lipinski definition) is 0. The predicted molar refractivity (Wildman–Crippen MR) is 72.9 cm³/mol. The van der Waals surface area contributed by atoms with Crippen molar-refractivity contribution in [3.8, 4) is 5.75 Å². The van der Waals surface area contributed by atoms with Crippen LogP contribution in [0, 0.1) is 0 Å². The van der Waals surface area contributed by atoms with Crippen LogP contribution in [0.4, 0.5) is 13.2 Å². The topological polar surface area (TPSA) is 47.9 Å². The van der Waals surface area contributed by atoms with Crippen LogP contribution in [0.5, 0.6) is 5.75 Å². The Kier molecular flexibility index (Phi) is 4.46. The molecule has 0 amide bonds. The van der Waals surface area contributed by atoms with Gasteiger partial charge in [0.1, 0.15) is 5.75 Å². The largest absolute Gasteiger partial charge is 0.573 e. The van der Waals surface area contributed by atoms with Gasteiger partial charge >= 0.3 is 12.3 Å². The first kappa shape index (κ1) is 15.7. The normalized spacial score (nSPS) is 17.6. The minimum Gasteiger partial charge on any atom is -0.405 e. The second-order valence-electron chi connectivity index (χ2n) is 4.35. The number of carbonyl (C=O) groups is 1. The Labute approximate surface area is 123 Å². The molecule has 0 aromatic heterocycles. The number of nitrogens with zero attached hydrogens (tertiary/aromatic N) is 1. The van der Waals surface area contributed by atoms with E-state index in [1.54, 1.807) is 6.92 Å². The lowest BCUT2D eigenvalue weighted by Gasteiger charge is -2.12. The van der Waals surface area contributed by atoms with Crippen molar-refractivity contribution in [3.63, 3.8) is 0 Å². The molecule has 1 aromatic rings. The average Bonchev–Trinajstić information content (AvgIpc) is 2.66. The zero-order valence-corrected chi connectivity index (χ0v) is 12.0. The van der Waals surface area contributed by atoms with Gasteiger partial charge in [-0.1, -0.05) is 6.07 Å². The molecular formula is C13H12F3NO3S. The van der Waals surface area contributed by atoms with E-state index in [2.05, 4.69) is 9.73 Å². The maximum atomic E-state index is 12.4. The number of aliphatic imine (C=N–C) groups is 1. The van der Waals surface area contributed by atoms with Crippen LogP contribution in [0.2, 0.25) is 0 Å². The van der Waals surface area contributed by atoms with Crippen LogP contribution >= 0.6 is 11.8 Å². The number of ether oxygens (including phenoxy) is 2. The third kappa shape index (κ3) is 3.69. The summed E-state index contributed by atoms with van der Waals surface area (Å²) in [5, 5.41) is 0. The third-order valence-electron chi connectivity index (χ3n) is 2.62. The summed E-state index contributed by atoms with van der Waals surface area (Å²) < 4.78 is 46.2. The van der Waals surface area contributed by atoms with Crippen molar-refractivity contribution in [2.24, 2.45) is 4.99 Å². The van der Waals surface area contributed by atoms with Gasteiger partial charge in [-0.25, -0.2) is 9.79 Å². The first-order valence-corrected chi connectivity index (χ1v) is 7.39. The van der Waals surface area contributed by atoms with E-state index in [1.807, 2.05) is 6.26 Å². The molecule has 0 aliphatic carbocycles. The number of halogens is 3. The van der Waals surface area contributed by atoms with Crippen molar-refractivity contribution in [2.75, 3.05) is 12.0 Å². The van der Waals surface area contributed by atoms with Gasteiger partial charge in [0.2, 0.25) is 5.90 Å². The molecule has 0 N–H and O–H groups in total. The fourth-order valence-electron chi connectivity index (χ4n) is 1.89. The highest BCUT2D eigenvalue weighted by atomic mass is 32.2. The summed E-state index contributed by atoms with van der Waals surface area (Å²) in [5.41, 5.74) is -0.0281. The molecule has 1 heterocycles. The second-order valence-corrected chi connectivity index (χ2v) is 5.27. The predicted octanol–water partition coefficient (Wildman–Crippen LogP) is 3.25. The summed E-state index contributed by atoms with van der Waals surface area (Å²) in [6.45, 7) is 1.78. The number of cyclic esters (lactones) is 1. The lowest BCUT2D eigenvalue weighted by atomic mass is 10.1. The zero-order valence-electron chi connectivity index (χ0n) is 11.2. The fraction of sp³-hybridized carbons (Fsp3) is 0.385. The Morgan fingerprint density at radius 3 is 2.76 bits per heavy atom. The Hall–Kier alpha value is -1.70. The molecule has 0 radical (unpaired) electrons. The minimum atomic E-state index is -4.85. The van der Waals surface area contributed by atoms with Crippen LogP contribution in [0.1, 0.15) is 22.8 Å². The summed E-state index contributed by atoms with van der Waals surface area (Å²) >= 11 is 1.53. The highest BCUT2D eigenvalue weighted by molar-refractivity contribution is 7.98. The van der Waals surface area contributed by atoms with Crippen LogP contribution in [0.3, 0.4) is 0 Å². The molecule has 1 aliphatic rings. The molecule has 2 rings (SSSR count). The molecule has 114 valence electrons. The van der Waals surface area contributed by atoms with Gasteiger partial charge in [-0.3, -0.25) is 0 Å². The number of alkyl halides is 3. The van der Waals surface area contributed by atoms with Crippen LogP contribution in [0.25, 0.3) is 0 Å². The van der Waals surface area contributed by atoms with Crippen molar-refractivity contribution in [1.29, 1.82) is 0 Å². The molecule has 1 aliphatic heterocycles. The van der Waals surface area contributed by atoms with Crippen molar-refractivity contribution in [3.05, 3.63) is 29.3 Å².